The number of hydrogen-bond acceptors (Lipinski definition) is 3. The number of amides is 1. The third-order valence-electron chi connectivity index (χ3n) is 2.39. The molecule has 1 amide bonds. The first-order valence-corrected chi connectivity index (χ1v) is 5.71. The normalized spacial score (nSPS) is 10.4. The Kier molecular flexibility index (Phi) is 3.57. The average Bonchev–Trinajstić information content (AvgIpc) is 2.84. The molecule has 0 aromatic carbocycles. The second kappa shape index (κ2) is 5.15. The van der Waals surface area contributed by atoms with E-state index in [1.165, 1.54) is 17.1 Å². The summed E-state index contributed by atoms with van der Waals surface area (Å²) in [7, 11) is 1.70. The zero-order valence-electron chi connectivity index (χ0n) is 10.00. The van der Waals surface area contributed by atoms with Crippen molar-refractivity contribution >= 4 is 29.2 Å². The van der Waals surface area contributed by atoms with Gasteiger partial charge in [-0.05, 0) is 6.07 Å². The molecule has 8 heteroatoms. The summed E-state index contributed by atoms with van der Waals surface area (Å²) in [6.45, 7) is -0.258. The lowest BCUT2D eigenvalue weighted by Gasteiger charge is -2.03. The third kappa shape index (κ3) is 3.14. The summed E-state index contributed by atoms with van der Waals surface area (Å²) < 4.78 is 2.81. The van der Waals surface area contributed by atoms with Crippen molar-refractivity contribution in [3.63, 3.8) is 0 Å². The van der Waals surface area contributed by atoms with E-state index in [1.54, 1.807) is 23.9 Å². The number of hydrogen-bond donors (Lipinski definition) is 2. The largest absolute Gasteiger partial charge is 0.480 e. The number of aromatic nitrogens is 3. The molecule has 7 nitrogen and oxygen atoms in total. The van der Waals surface area contributed by atoms with Crippen molar-refractivity contribution in [1.82, 2.24) is 14.3 Å². The molecule has 0 aliphatic rings. The first-order valence-electron chi connectivity index (χ1n) is 5.33. The molecule has 2 N–H and O–H groups in total. The van der Waals surface area contributed by atoms with Crippen LogP contribution in [0.5, 0.6) is 0 Å². The molecule has 0 radical (unpaired) electrons. The summed E-state index contributed by atoms with van der Waals surface area (Å²) in [4.78, 5) is 22.4. The molecule has 0 saturated heterocycles. The summed E-state index contributed by atoms with van der Waals surface area (Å²) in [5, 5.41) is 15.5. The third-order valence-corrected chi connectivity index (χ3v) is 2.60. The minimum atomic E-state index is -1.00. The van der Waals surface area contributed by atoms with E-state index in [1.807, 2.05) is 0 Å². The van der Waals surface area contributed by atoms with Gasteiger partial charge in [-0.25, -0.2) is 0 Å². The Balaban J connectivity index is 2.09. The van der Waals surface area contributed by atoms with Crippen LogP contribution < -0.4 is 5.32 Å². The maximum Gasteiger partial charge on any atom is 0.325 e. The van der Waals surface area contributed by atoms with Gasteiger partial charge in [0, 0.05) is 19.4 Å². The van der Waals surface area contributed by atoms with Gasteiger partial charge in [0.1, 0.15) is 12.2 Å². The minimum absolute atomic E-state index is 0.258. The van der Waals surface area contributed by atoms with Gasteiger partial charge in [-0.3, -0.25) is 14.3 Å². The van der Waals surface area contributed by atoms with Crippen LogP contribution in [0.2, 0.25) is 5.02 Å². The summed E-state index contributed by atoms with van der Waals surface area (Å²) in [5.41, 5.74) is 0.819. The number of carboxylic acid groups (broad SMARTS) is 1. The molecule has 0 unspecified atom stereocenters. The van der Waals surface area contributed by atoms with Gasteiger partial charge < -0.3 is 15.0 Å². The first-order chi connectivity index (χ1) is 8.95. The van der Waals surface area contributed by atoms with Crippen LogP contribution in [0.15, 0.2) is 24.7 Å². The van der Waals surface area contributed by atoms with Crippen LogP contribution in [0.1, 0.15) is 10.5 Å². The fourth-order valence-electron chi connectivity index (χ4n) is 1.60. The summed E-state index contributed by atoms with van der Waals surface area (Å²) in [5.74, 6) is -1.35. The Morgan fingerprint density at radius 3 is 2.79 bits per heavy atom. The number of rotatable bonds is 4. The molecule has 19 heavy (non-hydrogen) atoms. The maximum absolute atomic E-state index is 11.9. The van der Waals surface area contributed by atoms with Crippen LogP contribution in [0, 0.1) is 0 Å². The zero-order valence-corrected chi connectivity index (χ0v) is 10.8. The molecule has 0 saturated carbocycles. The van der Waals surface area contributed by atoms with E-state index in [9.17, 15) is 9.59 Å². The Bertz CT molecular complexity index is 632. The highest BCUT2D eigenvalue weighted by molar-refractivity contribution is 6.31. The zero-order chi connectivity index (χ0) is 14.0. The van der Waals surface area contributed by atoms with E-state index in [4.69, 9.17) is 16.7 Å². The lowest BCUT2D eigenvalue weighted by molar-refractivity contribution is -0.137. The maximum atomic E-state index is 11.9. The molecule has 0 fully saturated rings. The van der Waals surface area contributed by atoms with Crippen molar-refractivity contribution in [3.8, 4) is 0 Å². The Morgan fingerprint density at radius 1 is 1.47 bits per heavy atom. The molecule has 100 valence electrons. The lowest BCUT2D eigenvalue weighted by atomic mass is 10.4. The molecule has 2 heterocycles. The Morgan fingerprint density at radius 2 is 2.21 bits per heavy atom. The number of carbonyl (C=O) groups excluding carboxylic acids is 1. The standard InChI is InChI=1S/C11H11ClN4O3/c1-15-4-7(12)2-9(15)11(19)14-8-3-13-16(5-8)6-10(17)18/h2-5H,6H2,1H3,(H,14,19)(H,17,18). The Hall–Kier alpha value is -2.28. The van der Waals surface area contributed by atoms with E-state index in [0.29, 0.717) is 16.4 Å². The predicted molar refractivity (Wildman–Crippen MR) is 68.2 cm³/mol. The quantitative estimate of drug-likeness (QED) is 0.882. The Labute approximate surface area is 113 Å². The highest BCUT2D eigenvalue weighted by Crippen LogP contribution is 2.14. The van der Waals surface area contributed by atoms with Crippen LogP contribution in [0.4, 0.5) is 5.69 Å². The van der Waals surface area contributed by atoms with Crippen LogP contribution in [0.25, 0.3) is 0 Å². The topological polar surface area (TPSA) is 89.2 Å². The van der Waals surface area contributed by atoms with Gasteiger partial charge >= 0.3 is 5.97 Å². The number of nitrogens with one attached hydrogen (secondary N) is 1. The SMILES string of the molecule is Cn1cc(Cl)cc1C(=O)Nc1cnn(CC(=O)O)c1. The number of aryl methyl sites for hydroxylation is 1. The van der Waals surface area contributed by atoms with Crippen molar-refractivity contribution in [2.24, 2.45) is 7.05 Å². The van der Waals surface area contributed by atoms with Gasteiger partial charge in [-0.2, -0.15) is 5.10 Å². The molecular weight excluding hydrogens is 272 g/mol. The van der Waals surface area contributed by atoms with Crippen molar-refractivity contribution in [1.29, 1.82) is 0 Å². The van der Waals surface area contributed by atoms with E-state index in [-0.39, 0.29) is 12.5 Å². The van der Waals surface area contributed by atoms with Gasteiger partial charge in [0.15, 0.2) is 0 Å². The summed E-state index contributed by atoms with van der Waals surface area (Å²) in [6, 6.07) is 1.54. The van der Waals surface area contributed by atoms with Crippen molar-refractivity contribution in [2.45, 2.75) is 6.54 Å². The van der Waals surface area contributed by atoms with E-state index in [0.717, 1.165) is 0 Å². The smallest absolute Gasteiger partial charge is 0.325 e. The van der Waals surface area contributed by atoms with Gasteiger partial charge in [-0.1, -0.05) is 11.6 Å². The molecule has 0 spiro atoms. The fraction of sp³-hybridized carbons (Fsp3) is 0.182. The minimum Gasteiger partial charge on any atom is -0.480 e. The number of nitrogens with zero attached hydrogens (tertiary/aromatic N) is 3. The van der Waals surface area contributed by atoms with E-state index in [2.05, 4.69) is 10.4 Å². The van der Waals surface area contributed by atoms with E-state index >= 15 is 0 Å². The van der Waals surface area contributed by atoms with Crippen molar-refractivity contribution in [3.05, 3.63) is 35.4 Å². The number of aliphatic carboxylic acids is 1. The molecular formula is C11H11ClN4O3. The fourth-order valence-corrected chi connectivity index (χ4v) is 1.85. The van der Waals surface area contributed by atoms with Crippen molar-refractivity contribution < 1.29 is 14.7 Å². The van der Waals surface area contributed by atoms with Crippen LogP contribution in [-0.4, -0.2) is 31.3 Å². The lowest BCUT2D eigenvalue weighted by Crippen LogP contribution is -2.15. The molecule has 0 atom stereocenters. The van der Waals surface area contributed by atoms with Gasteiger partial charge in [-0.15, -0.1) is 0 Å². The average molecular weight is 283 g/mol. The predicted octanol–water partition coefficient (Wildman–Crippen LogP) is 1.21. The summed E-state index contributed by atoms with van der Waals surface area (Å²) in [6.07, 6.45) is 4.44. The molecule has 0 aliphatic carbocycles. The molecule has 2 rings (SSSR count). The highest BCUT2D eigenvalue weighted by atomic mass is 35.5. The summed E-state index contributed by atoms with van der Waals surface area (Å²) >= 11 is 5.79. The number of halogens is 1. The number of carbonyl (C=O) groups is 2. The highest BCUT2D eigenvalue weighted by Gasteiger charge is 2.12. The molecule has 0 aliphatic heterocycles. The van der Waals surface area contributed by atoms with Crippen molar-refractivity contribution in [2.75, 3.05) is 5.32 Å². The van der Waals surface area contributed by atoms with Gasteiger partial charge in [0.25, 0.3) is 5.91 Å². The second-order valence-electron chi connectivity index (χ2n) is 3.93. The van der Waals surface area contributed by atoms with Crippen LogP contribution in [0.3, 0.4) is 0 Å². The monoisotopic (exact) mass is 282 g/mol. The first kappa shape index (κ1) is 13.2. The second-order valence-corrected chi connectivity index (χ2v) is 4.37. The van der Waals surface area contributed by atoms with Gasteiger partial charge in [0.05, 0.1) is 16.9 Å². The van der Waals surface area contributed by atoms with Gasteiger partial charge in [0.2, 0.25) is 0 Å². The van der Waals surface area contributed by atoms with Crippen LogP contribution in [-0.2, 0) is 18.4 Å². The number of anilines is 1. The van der Waals surface area contributed by atoms with E-state index < -0.39 is 5.97 Å². The molecule has 2 aromatic rings. The molecule has 0 bridgehead atoms. The number of carboxylic acids is 1. The molecule has 2 aromatic heterocycles. The van der Waals surface area contributed by atoms with Crippen LogP contribution >= 0.6 is 11.6 Å².